The quantitative estimate of drug-likeness (QED) is 0.309. The molecule has 7 heteroatoms. The van der Waals surface area contributed by atoms with Gasteiger partial charge in [-0.25, -0.2) is 14.4 Å². The highest BCUT2D eigenvalue weighted by Gasteiger charge is 2.14. The fourth-order valence-corrected chi connectivity index (χ4v) is 4.01. The zero-order valence-corrected chi connectivity index (χ0v) is 18.1. The first kappa shape index (κ1) is 18.9. The van der Waals surface area contributed by atoms with E-state index in [-0.39, 0.29) is 5.82 Å². The molecule has 0 aliphatic rings. The predicted molar refractivity (Wildman–Crippen MR) is 123 cm³/mol. The fraction of sp³-hybridized carbons (Fsp3) is 0.0870. The summed E-state index contributed by atoms with van der Waals surface area (Å²) >= 11 is 2.31. The fourth-order valence-electron chi connectivity index (χ4n) is 3.54. The molecule has 5 rings (SSSR count). The van der Waals surface area contributed by atoms with Crippen LogP contribution in [0.4, 0.5) is 4.39 Å². The number of halogens is 2. The average Bonchev–Trinajstić information content (AvgIpc) is 3.38. The Morgan fingerprint density at radius 3 is 2.57 bits per heavy atom. The molecule has 3 aromatic heterocycles. The van der Waals surface area contributed by atoms with Gasteiger partial charge in [-0.3, -0.25) is 4.98 Å². The first-order valence-electron chi connectivity index (χ1n) is 9.46. The number of aromatic nitrogens is 5. The number of pyridine rings is 1. The van der Waals surface area contributed by atoms with E-state index in [0.29, 0.717) is 13.1 Å². The zero-order valence-electron chi connectivity index (χ0n) is 15.9. The minimum absolute atomic E-state index is 0.236. The van der Waals surface area contributed by atoms with Crippen LogP contribution < -0.4 is 0 Å². The van der Waals surface area contributed by atoms with Crippen molar-refractivity contribution in [1.82, 2.24) is 24.1 Å². The lowest BCUT2D eigenvalue weighted by Crippen LogP contribution is -2.04. The summed E-state index contributed by atoms with van der Waals surface area (Å²) in [6.45, 7) is 1.29. The Labute approximate surface area is 186 Å². The third-order valence-electron chi connectivity index (χ3n) is 4.94. The van der Waals surface area contributed by atoms with Crippen LogP contribution >= 0.6 is 22.6 Å². The molecule has 0 aliphatic carbocycles. The van der Waals surface area contributed by atoms with Gasteiger partial charge >= 0.3 is 0 Å². The van der Waals surface area contributed by atoms with Gasteiger partial charge in [-0.05, 0) is 70.1 Å². The molecule has 0 unspecified atom stereocenters. The maximum atomic E-state index is 13.4. The minimum atomic E-state index is -0.236. The summed E-state index contributed by atoms with van der Waals surface area (Å²) in [5.41, 5.74) is 4.99. The molecule has 2 aromatic carbocycles. The molecular weight excluding hydrogens is 492 g/mol. The molecule has 0 spiro atoms. The Balaban J connectivity index is 1.60. The lowest BCUT2D eigenvalue weighted by atomic mass is 10.1. The van der Waals surface area contributed by atoms with E-state index in [4.69, 9.17) is 4.98 Å². The van der Waals surface area contributed by atoms with Crippen molar-refractivity contribution >= 4 is 33.6 Å². The van der Waals surface area contributed by atoms with Crippen molar-refractivity contribution < 1.29 is 4.39 Å². The Morgan fingerprint density at radius 2 is 1.77 bits per heavy atom. The molecule has 0 radical (unpaired) electrons. The molecule has 0 N–H and O–H groups in total. The van der Waals surface area contributed by atoms with Crippen LogP contribution in [0.15, 0.2) is 79.6 Å². The summed E-state index contributed by atoms with van der Waals surface area (Å²) in [6, 6.07) is 14.9. The average molecular weight is 509 g/mol. The smallest absolute Gasteiger partial charge is 0.143 e. The summed E-state index contributed by atoms with van der Waals surface area (Å²) in [4.78, 5) is 13.5. The summed E-state index contributed by atoms with van der Waals surface area (Å²) in [5.74, 6) is 0.608. The molecule has 30 heavy (non-hydrogen) atoms. The highest BCUT2D eigenvalue weighted by molar-refractivity contribution is 14.1. The van der Waals surface area contributed by atoms with Gasteiger partial charge in [0.15, 0.2) is 0 Å². The van der Waals surface area contributed by atoms with E-state index < -0.39 is 0 Å². The predicted octanol–water partition coefficient (Wildman–Crippen LogP) is 5.14. The van der Waals surface area contributed by atoms with Gasteiger partial charge in [-0.2, -0.15) is 0 Å². The number of rotatable bonds is 5. The number of benzene rings is 2. The van der Waals surface area contributed by atoms with Crippen molar-refractivity contribution in [2.75, 3.05) is 0 Å². The van der Waals surface area contributed by atoms with E-state index in [1.165, 1.54) is 12.1 Å². The summed E-state index contributed by atoms with van der Waals surface area (Å²) < 4.78 is 18.7. The van der Waals surface area contributed by atoms with Crippen molar-refractivity contribution in [1.29, 1.82) is 0 Å². The van der Waals surface area contributed by atoms with Gasteiger partial charge in [0.2, 0.25) is 0 Å². The van der Waals surface area contributed by atoms with Gasteiger partial charge in [0.25, 0.3) is 0 Å². The Bertz CT molecular complexity index is 1310. The molecule has 0 saturated carbocycles. The van der Waals surface area contributed by atoms with Crippen LogP contribution in [0.3, 0.4) is 0 Å². The third kappa shape index (κ3) is 3.85. The monoisotopic (exact) mass is 509 g/mol. The largest absolute Gasteiger partial charge is 0.333 e. The first-order valence-corrected chi connectivity index (χ1v) is 10.5. The van der Waals surface area contributed by atoms with Crippen LogP contribution in [0.1, 0.15) is 11.1 Å². The molecule has 148 valence electrons. The van der Waals surface area contributed by atoms with Crippen molar-refractivity contribution in [3.05, 3.63) is 100 Å². The second kappa shape index (κ2) is 7.98. The molecule has 0 amide bonds. The van der Waals surface area contributed by atoms with Gasteiger partial charge in [0.05, 0.1) is 23.9 Å². The van der Waals surface area contributed by atoms with E-state index in [1.54, 1.807) is 12.5 Å². The van der Waals surface area contributed by atoms with Crippen molar-refractivity contribution in [2.24, 2.45) is 0 Å². The van der Waals surface area contributed by atoms with E-state index >= 15 is 0 Å². The SMILES string of the molecule is Fc1ccc(Cn2c(-c3cncc(Cn4ccnc4)c3)nc3ccc(I)cc32)cc1. The molecule has 0 bridgehead atoms. The third-order valence-corrected chi connectivity index (χ3v) is 5.61. The maximum Gasteiger partial charge on any atom is 0.143 e. The molecule has 0 fully saturated rings. The summed E-state index contributed by atoms with van der Waals surface area (Å²) in [7, 11) is 0. The normalized spacial score (nSPS) is 11.3. The topological polar surface area (TPSA) is 48.5 Å². The molecule has 5 nitrogen and oxygen atoms in total. The Kier molecular flexibility index (Phi) is 5.04. The molecule has 0 aliphatic heterocycles. The second-order valence-electron chi connectivity index (χ2n) is 7.10. The lowest BCUT2D eigenvalue weighted by Gasteiger charge is -2.11. The molecule has 0 atom stereocenters. The van der Waals surface area contributed by atoms with Crippen molar-refractivity contribution in [3.63, 3.8) is 0 Å². The van der Waals surface area contributed by atoms with Gasteiger partial charge < -0.3 is 9.13 Å². The van der Waals surface area contributed by atoms with Gasteiger partial charge in [-0.1, -0.05) is 12.1 Å². The van der Waals surface area contributed by atoms with Crippen LogP contribution in [0.2, 0.25) is 0 Å². The van der Waals surface area contributed by atoms with Crippen LogP contribution in [-0.2, 0) is 13.1 Å². The van der Waals surface area contributed by atoms with E-state index in [1.807, 2.05) is 41.4 Å². The van der Waals surface area contributed by atoms with Gasteiger partial charge in [-0.15, -0.1) is 0 Å². The Morgan fingerprint density at radius 1 is 0.900 bits per heavy atom. The van der Waals surface area contributed by atoms with Crippen LogP contribution in [-0.4, -0.2) is 24.1 Å². The minimum Gasteiger partial charge on any atom is -0.333 e. The maximum absolute atomic E-state index is 13.4. The number of imidazole rings is 2. The molecule has 5 aromatic rings. The van der Waals surface area contributed by atoms with Crippen molar-refractivity contribution in [2.45, 2.75) is 13.1 Å². The standard InChI is InChI=1S/C23H17FIN5/c24-19-3-1-16(2-4-19)14-30-22-10-20(25)5-6-21(22)28-23(30)18-9-17(11-27-12-18)13-29-8-7-26-15-29/h1-12,15H,13-14H2. The van der Waals surface area contributed by atoms with Crippen LogP contribution in [0.25, 0.3) is 22.4 Å². The van der Waals surface area contributed by atoms with E-state index in [9.17, 15) is 4.39 Å². The van der Waals surface area contributed by atoms with Gasteiger partial charge in [0, 0.05) is 40.5 Å². The van der Waals surface area contributed by atoms with Crippen LogP contribution in [0, 0.1) is 9.39 Å². The summed E-state index contributed by atoms with van der Waals surface area (Å²) in [5, 5.41) is 0. The second-order valence-corrected chi connectivity index (χ2v) is 8.34. The number of nitrogens with zero attached hydrogens (tertiary/aromatic N) is 5. The molecule has 0 saturated heterocycles. The van der Waals surface area contributed by atoms with E-state index in [0.717, 1.165) is 37.1 Å². The van der Waals surface area contributed by atoms with Crippen molar-refractivity contribution in [3.8, 4) is 11.4 Å². The molecule has 3 heterocycles. The van der Waals surface area contributed by atoms with Gasteiger partial charge in [0.1, 0.15) is 11.6 Å². The summed E-state index contributed by atoms with van der Waals surface area (Å²) in [6.07, 6.45) is 9.18. The number of fused-ring (bicyclic) bond motifs is 1. The Hall–Kier alpha value is -3.07. The zero-order chi connectivity index (χ0) is 20.5. The lowest BCUT2D eigenvalue weighted by molar-refractivity contribution is 0.626. The van der Waals surface area contributed by atoms with Crippen LogP contribution in [0.5, 0.6) is 0 Å². The highest BCUT2D eigenvalue weighted by atomic mass is 127. The molecular formula is C23H17FIN5. The number of hydrogen-bond donors (Lipinski definition) is 0. The van der Waals surface area contributed by atoms with E-state index in [2.05, 4.69) is 55.3 Å². The number of hydrogen-bond acceptors (Lipinski definition) is 3. The first-order chi connectivity index (χ1) is 14.7. The highest BCUT2D eigenvalue weighted by Crippen LogP contribution is 2.27.